The first-order valence-electron chi connectivity index (χ1n) is 9.28. The zero-order valence-corrected chi connectivity index (χ0v) is 16.3. The fourth-order valence-corrected chi connectivity index (χ4v) is 2.28. The van der Waals surface area contributed by atoms with E-state index in [-0.39, 0.29) is 12.5 Å². The van der Waals surface area contributed by atoms with E-state index in [1.807, 2.05) is 44.2 Å². The molecule has 2 N–H and O–H groups in total. The van der Waals surface area contributed by atoms with Crippen molar-refractivity contribution in [2.24, 2.45) is 5.92 Å². The molecule has 1 aromatic carbocycles. The summed E-state index contributed by atoms with van der Waals surface area (Å²) in [5, 5.41) is 5.44. The molecule has 7 heteroatoms. The number of carbonyl (C=O) groups excluding carboxylic acids is 3. The second-order valence-electron chi connectivity index (χ2n) is 6.72. The summed E-state index contributed by atoms with van der Waals surface area (Å²) in [6.07, 6.45) is 0.405. The average Bonchev–Trinajstić information content (AvgIpc) is 2.63. The molecule has 0 saturated carbocycles. The fraction of sp³-hybridized carbons (Fsp3) is 0.550. The number of alkyl carbamates (subject to hydrolysis) is 1. The van der Waals surface area contributed by atoms with E-state index >= 15 is 0 Å². The summed E-state index contributed by atoms with van der Waals surface area (Å²) >= 11 is 0. The first kappa shape index (κ1) is 22.5. The Labute approximate surface area is 160 Å². The van der Waals surface area contributed by atoms with Gasteiger partial charge in [-0.15, -0.1) is 0 Å². The van der Waals surface area contributed by atoms with Crippen molar-refractivity contribution in [1.29, 1.82) is 0 Å². The normalized spacial score (nSPS) is 11.6. The van der Waals surface area contributed by atoms with Crippen molar-refractivity contribution in [3.63, 3.8) is 0 Å². The Morgan fingerprint density at radius 3 is 2.37 bits per heavy atom. The number of benzene rings is 1. The van der Waals surface area contributed by atoms with E-state index < -0.39 is 18.2 Å². The SMILES string of the molecule is CC(=O)O[C@@H](CCCCNC(=O)OCc1ccccc1)C(=O)NCC(C)C. The summed E-state index contributed by atoms with van der Waals surface area (Å²) < 4.78 is 10.2. The molecular weight excluding hydrogens is 348 g/mol. The first-order valence-corrected chi connectivity index (χ1v) is 9.28. The number of unbranched alkanes of at least 4 members (excludes halogenated alkanes) is 1. The van der Waals surface area contributed by atoms with E-state index in [1.165, 1.54) is 6.92 Å². The van der Waals surface area contributed by atoms with Crippen LogP contribution in [0.1, 0.15) is 45.6 Å². The van der Waals surface area contributed by atoms with Crippen LogP contribution in [-0.4, -0.2) is 37.2 Å². The van der Waals surface area contributed by atoms with Crippen molar-refractivity contribution in [2.45, 2.75) is 52.7 Å². The molecule has 0 aromatic heterocycles. The van der Waals surface area contributed by atoms with Gasteiger partial charge in [0.15, 0.2) is 6.10 Å². The number of esters is 1. The highest BCUT2D eigenvalue weighted by atomic mass is 16.6. The lowest BCUT2D eigenvalue weighted by molar-refractivity contribution is -0.154. The molecule has 0 radical (unpaired) electrons. The Kier molecular flexibility index (Phi) is 10.6. The highest BCUT2D eigenvalue weighted by Gasteiger charge is 2.21. The van der Waals surface area contributed by atoms with Crippen LogP contribution in [0.3, 0.4) is 0 Å². The summed E-state index contributed by atoms with van der Waals surface area (Å²) in [7, 11) is 0. The van der Waals surface area contributed by atoms with Gasteiger partial charge in [0, 0.05) is 20.0 Å². The van der Waals surface area contributed by atoms with E-state index in [0.717, 1.165) is 5.56 Å². The third-order valence-corrected chi connectivity index (χ3v) is 3.66. The van der Waals surface area contributed by atoms with Gasteiger partial charge in [-0.05, 0) is 30.7 Å². The maximum absolute atomic E-state index is 12.1. The maximum atomic E-state index is 12.1. The van der Waals surface area contributed by atoms with Crippen molar-refractivity contribution in [1.82, 2.24) is 10.6 Å². The number of hydrogen-bond donors (Lipinski definition) is 2. The highest BCUT2D eigenvalue weighted by Crippen LogP contribution is 2.07. The van der Waals surface area contributed by atoms with Crippen LogP contribution in [0.5, 0.6) is 0 Å². The van der Waals surface area contributed by atoms with Gasteiger partial charge in [0.25, 0.3) is 5.91 Å². The molecule has 0 aliphatic heterocycles. The third-order valence-electron chi connectivity index (χ3n) is 3.66. The lowest BCUT2D eigenvalue weighted by atomic mass is 10.1. The number of amides is 2. The summed E-state index contributed by atoms with van der Waals surface area (Å²) in [5.74, 6) is -0.450. The Morgan fingerprint density at radius 2 is 1.74 bits per heavy atom. The van der Waals surface area contributed by atoms with Crippen LogP contribution in [0.15, 0.2) is 30.3 Å². The summed E-state index contributed by atoms with van der Waals surface area (Å²) in [6, 6.07) is 9.43. The molecule has 0 unspecified atom stereocenters. The second-order valence-corrected chi connectivity index (χ2v) is 6.72. The molecule has 1 atom stereocenters. The molecule has 7 nitrogen and oxygen atoms in total. The van der Waals surface area contributed by atoms with Gasteiger partial charge in [0.2, 0.25) is 0 Å². The van der Waals surface area contributed by atoms with Crippen molar-refractivity contribution in [3.05, 3.63) is 35.9 Å². The quantitative estimate of drug-likeness (QED) is 0.456. The van der Waals surface area contributed by atoms with Crippen LogP contribution in [0, 0.1) is 5.92 Å². The monoisotopic (exact) mass is 378 g/mol. The van der Waals surface area contributed by atoms with Crippen molar-refractivity contribution < 1.29 is 23.9 Å². The van der Waals surface area contributed by atoms with E-state index in [1.54, 1.807) is 0 Å². The number of ether oxygens (including phenoxy) is 2. The van der Waals surface area contributed by atoms with Crippen LogP contribution < -0.4 is 10.6 Å². The van der Waals surface area contributed by atoms with Gasteiger partial charge in [-0.25, -0.2) is 4.79 Å². The van der Waals surface area contributed by atoms with E-state index in [9.17, 15) is 14.4 Å². The molecule has 0 bridgehead atoms. The fourth-order valence-electron chi connectivity index (χ4n) is 2.28. The van der Waals surface area contributed by atoms with Crippen molar-refractivity contribution >= 4 is 18.0 Å². The zero-order chi connectivity index (χ0) is 20.1. The van der Waals surface area contributed by atoms with Crippen molar-refractivity contribution in [2.75, 3.05) is 13.1 Å². The number of rotatable bonds is 11. The van der Waals surface area contributed by atoms with Crippen LogP contribution in [-0.2, 0) is 25.7 Å². The largest absolute Gasteiger partial charge is 0.452 e. The molecule has 0 heterocycles. The Hall–Kier alpha value is -2.57. The predicted molar refractivity (Wildman–Crippen MR) is 102 cm³/mol. The molecule has 150 valence electrons. The average molecular weight is 378 g/mol. The summed E-state index contributed by atoms with van der Waals surface area (Å²) in [6.45, 7) is 6.44. The Balaban J connectivity index is 2.23. The first-order chi connectivity index (χ1) is 12.9. The summed E-state index contributed by atoms with van der Waals surface area (Å²) in [4.78, 5) is 34.9. The maximum Gasteiger partial charge on any atom is 0.407 e. The van der Waals surface area contributed by atoms with Crippen LogP contribution in [0.4, 0.5) is 4.79 Å². The Morgan fingerprint density at radius 1 is 1.04 bits per heavy atom. The minimum absolute atomic E-state index is 0.219. The number of nitrogens with one attached hydrogen (secondary N) is 2. The van der Waals surface area contributed by atoms with E-state index in [4.69, 9.17) is 9.47 Å². The molecule has 0 aliphatic carbocycles. The van der Waals surface area contributed by atoms with E-state index in [0.29, 0.717) is 38.3 Å². The van der Waals surface area contributed by atoms with Crippen molar-refractivity contribution in [3.8, 4) is 0 Å². The van der Waals surface area contributed by atoms with Gasteiger partial charge in [-0.1, -0.05) is 44.2 Å². The Bertz CT molecular complexity index is 589. The number of hydrogen-bond acceptors (Lipinski definition) is 5. The molecule has 27 heavy (non-hydrogen) atoms. The molecule has 1 aromatic rings. The minimum Gasteiger partial charge on any atom is -0.452 e. The lowest BCUT2D eigenvalue weighted by Crippen LogP contribution is -2.39. The molecular formula is C20H30N2O5. The second kappa shape index (κ2) is 12.7. The molecule has 0 spiro atoms. The number of carbonyl (C=O) groups is 3. The zero-order valence-electron chi connectivity index (χ0n) is 16.3. The molecule has 1 rings (SSSR count). The van der Waals surface area contributed by atoms with Gasteiger partial charge in [0.1, 0.15) is 6.61 Å². The third kappa shape index (κ3) is 10.9. The van der Waals surface area contributed by atoms with E-state index in [2.05, 4.69) is 10.6 Å². The van der Waals surface area contributed by atoms with Crippen LogP contribution in [0.25, 0.3) is 0 Å². The standard InChI is InChI=1S/C20H30N2O5/c1-15(2)13-22-19(24)18(27-16(3)23)11-7-8-12-21-20(25)26-14-17-9-5-4-6-10-17/h4-6,9-10,15,18H,7-8,11-14H2,1-3H3,(H,21,25)(H,22,24)/t18-/m0/s1. The molecule has 0 fully saturated rings. The summed E-state index contributed by atoms with van der Waals surface area (Å²) in [5.41, 5.74) is 0.921. The molecule has 0 saturated heterocycles. The van der Waals surface area contributed by atoms with Gasteiger partial charge in [0.05, 0.1) is 0 Å². The van der Waals surface area contributed by atoms with Gasteiger partial charge in [-0.3, -0.25) is 9.59 Å². The van der Waals surface area contributed by atoms with Crippen LogP contribution >= 0.6 is 0 Å². The van der Waals surface area contributed by atoms with Gasteiger partial charge < -0.3 is 20.1 Å². The molecule has 2 amide bonds. The smallest absolute Gasteiger partial charge is 0.407 e. The highest BCUT2D eigenvalue weighted by molar-refractivity contribution is 5.83. The topological polar surface area (TPSA) is 93.7 Å². The van der Waals surface area contributed by atoms with Gasteiger partial charge >= 0.3 is 12.1 Å². The van der Waals surface area contributed by atoms with Gasteiger partial charge in [-0.2, -0.15) is 0 Å². The predicted octanol–water partition coefficient (Wildman–Crippen LogP) is 2.79. The minimum atomic E-state index is -0.800. The lowest BCUT2D eigenvalue weighted by Gasteiger charge is -2.17. The van der Waals surface area contributed by atoms with Crippen LogP contribution in [0.2, 0.25) is 0 Å². The molecule has 0 aliphatic rings.